The number of hydrogen-bond acceptors (Lipinski definition) is 8. The molecule has 1 unspecified atom stereocenters. The van der Waals surface area contributed by atoms with E-state index in [-0.39, 0.29) is 42.6 Å². The van der Waals surface area contributed by atoms with Gasteiger partial charge in [0, 0.05) is 31.7 Å². The lowest BCUT2D eigenvalue weighted by atomic mass is 9.80. The number of esters is 1. The van der Waals surface area contributed by atoms with Gasteiger partial charge in [0.2, 0.25) is 0 Å². The van der Waals surface area contributed by atoms with Crippen LogP contribution in [0.25, 0.3) is 0 Å². The molecule has 2 aliphatic heterocycles. The highest BCUT2D eigenvalue weighted by atomic mass is 19.4. The molecule has 0 bridgehead atoms. The molecule has 0 amide bonds. The molecular weight excluding hydrogens is 714 g/mol. The Balaban J connectivity index is 1.12. The monoisotopic (exact) mass is 756 g/mol. The first-order valence-electron chi connectivity index (χ1n) is 18.3. The number of anilines is 2. The fraction of sp³-hybridized carbons (Fsp3) is 0.487. The van der Waals surface area contributed by atoms with Crippen LogP contribution in [0, 0.1) is 11.8 Å². The molecule has 3 heterocycles. The fourth-order valence-electron chi connectivity index (χ4n) is 8.02. The number of aryl methyl sites for hydroxylation is 1. The van der Waals surface area contributed by atoms with Gasteiger partial charge in [0.05, 0.1) is 37.4 Å². The number of rotatable bonds is 10. The van der Waals surface area contributed by atoms with Crippen LogP contribution >= 0.6 is 0 Å². The number of alkyl halides is 6. The number of nitrogens with zero attached hydrogens (tertiary/aromatic N) is 6. The summed E-state index contributed by atoms with van der Waals surface area (Å²) in [5.74, 6) is 0.546. The summed E-state index contributed by atoms with van der Waals surface area (Å²) in [4.78, 5) is 17.9. The number of ether oxygens (including phenoxy) is 2. The molecule has 1 aliphatic carbocycles. The number of hydrogen-bond donors (Lipinski definition) is 0. The summed E-state index contributed by atoms with van der Waals surface area (Å²) in [6, 6.07) is 15.0. The molecule has 3 aromatic carbocycles. The number of carbonyl (C=O) groups excluding carboxylic acids is 1. The number of tetrazole rings is 1. The number of aromatic nitrogens is 4. The Morgan fingerprint density at radius 2 is 1.54 bits per heavy atom. The minimum atomic E-state index is -4.98. The molecule has 0 radical (unpaired) electrons. The van der Waals surface area contributed by atoms with E-state index in [9.17, 15) is 31.1 Å². The third-order valence-electron chi connectivity index (χ3n) is 10.7. The summed E-state index contributed by atoms with van der Waals surface area (Å²) in [5.41, 5.74) is 1.93. The van der Waals surface area contributed by atoms with Gasteiger partial charge in [0.15, 0.2) is 0 Å². The predicted octanol–water partition coefficient (Wildman–Crippen LogP) is 8.57. The molecule has 9 nitrogen and oxygen atoms in total. The smallest absolute Gasteiger partial charge is 0.416 e. The first-order valence-corrected chi connectivity index (χ1v) is 18.3. The van der Waals surface area contributed by atoms with Gasteiger partial charge < -0.3 is 19.3 Å². The van der Waals surface area contributed by atoms with E-state index >= 15 is 0 Å². The standard InChI is InChI=1S/C39H42F6N6O3/c1-49-47-37(46-48-49)51(21-28-14-31(38(40,41)42)19-32(15-28)39(43,44)45)34-8-5-13-50(35-18-30-24-53-23-29(30)17-33(34)35)20-26-11-9-25(10-12-26)16-36(52)54-22-27-6-3-2-4-7-27/h2-4,6-7,14-15,17-19,25-26,34H,5,8-13,16,20-24H2,1H3. The van der Waals surface area contributed by atoms with Gasteiger partial charge in [-0.25, -0.2) is 0 Å². The third-order valence-corrected chi connectivity index (χ3v) is 10.7. The van der Waals surface area contributed by atoms with Crippen LogP contribution in [0.2, 0.25) is 0 Å². The molecule has 15 heteroatoms. The highest BCUT2D eigenvalue weighted by molar-refractivity contribution is 5.69. The molecule has 1 saturated carbocycles. The Labute approximate surface area is 309 Å². The second-order valence-electron chi connectivity index (χ2n) is 14.6. The van der Waals surface area contributed by atoms with Crippen molar-refractivity contribution in [3.05, 3.63) is 99.6 Å². The van der Waals surface area contributed by atoms with Gasteiger partial charge in [-0.3, -0.25) is 4.79 Å². The van der Waals surface area contributed by atoms with Crippen LogP contribution in [0.4, 0.5) is 38.0 Å². The van der Waals surface area contributed by atoms with Crippen LogP contribution in [-0.2, 0) is 60.0 Å². The van der Waals surface area contributed by atoms with Crippen LogP contribution in [0.15, 0.2) is 60.7 Å². The van der Waals surface area contributed by atoms with Crippen molar-refractivity contribution in [3.63, 3.8) is 0 Å². The number of fused-ring (bicyclic) bond motifs is 2. The Morgan fingerprint density at radius 1 is 0.870 bits per heavy atom. The summed E-state index contributed by atoms with van der Waals surface area (Å²) < 4.78 is 94.6. The van der Waals surface area contributed by atoms with Crippen LogP contribution < -0.4 is 9.80 Å². The number of benzene rings is 3. The Morgan fingerprint density at radius 3 is 2.19 bits per heavy atom. The minimum absolute atomic E-state index is 0.102. The van der Waals surface area contributed by atoms with E-state index in [1.807, 2.05) is 30.3 Å². The molecule has 0 spiro atoms. The van der Waals surface area contributed by atoms with Crippen molar-refractivity contribution < 1.29 is 40.6 Å². The molecule has 0 N–H and O–H groups in total. The zero-order chi connectivity index (χ0) is 38.0. The summed E-state index contributed by atoms with van der Waals surface area (Å²) in [5, 5.41) is 12.5. The van der Waals surface area contributed by atoms with Gasteiger partial charge in [-0.05, 0) is 114 Å². The lowest BCUT2D eigenvalue weighted by Gasteiger charge is -2.35. The lowest BCUT2D eigenvalue weighted by Crippen LogP contribution is -2.33. The normalized spacial score (nSPS) is 20.3. The van der Waals surface area contributed by atoms with Crippen LogP contribution in [0.3, 0.4) is 0 Å². The van der Waals surface area contributed by atoms with Gasteiger partial charge in [-0.15, -0.1) is 5.10 Å². The van der Waals surface area contributed by atoms with E-state index in [2.05, 4.69) is 32.4 Å². The average Bonchev–Trinajstić information content (AvgIpc) is 3.75. The van der Waals surface area contributed by atoms with Gasteiger partial charge >= 0.3 is 18.3 Å². The van der Waals surface area contributed by atoms with Crippen LogP contribution in [0.1, 0.15) is 89.9 Å². The van der Waals surface area contributed by atoms with E-state index < -0.39 is 29.5 Å². The molecule has 7 rings (SSSR count). The van der Waals surface area contributed by atoms with Gasteiger partial charge in [0.1, 0.15) is 6.61 Å². The van der Waals surface area contributed by atoms with Gasteiger partial charge in [-0.1, -0.05) is 35.4 Å². The Bertz CT molecular complexity index is 1890. The summed E-state index contributed by atoms with van der Waals surface area (Å²) in [7, 11) is 1.55. The first-order chi connectivity index (χ1) is 25.8. The molecule has 4 aromatic rings. The summed E-state index contributed by atoms with van der Waals surface area (Å²) >= 11 is 0. The zero-order valence-corrected chi connectivity index (χ0v) is 29.9. The highest BCUT2D eigenvalue weighted by Gasteiger charge is 2.38. The maximum atomic E-state index is 13.9. The van der Waals surface area contributed by atoms with Crippen molar-refractivity contribution >= 4 is 17.6 Å². The number of carbonyl (C=O) groups is 1. The SMILES string of the molecule is Cn1nnc(N(Cc2cc(C(F)(F)F)cc(C(F)(F)F)c2)C2CCCN(CC3CCC(CC(=O)OCc4ccccc4)CC3)c3cc4c(cc32)COC4)n1. The van der Waals surface area contributed by atoms with Crippen LogP contribution in [0.5, 0.6) is 0 Å². The topological polar surface area (TPSA) is 85.6 Å². The van der Waals surface area contributed by atoms with Crippen molar-refractivity contribution in [2.24, 2.45) is 18.9 Å². The second kappa shape index (κ2) is 15.6. The molecule has 1 aromatic heterocycles. The van der Waals surface area contributed by atoms with Crippen molar-refractivity contribution in [3.8, 4) is 0 Å². The van der Waals surface area contributed by atoms with E-state index in [1.165, 1.54) is 4.80 Å². The first kappa shape index (κ1) is 37.6. The summed E-state index contributed by atoms with van der Waals surface area (Å²) in [6.45, 7) is 2.28. The third kappa shape index (κ3) is 8.82. The Hall–Kier alpha value is -4.66. The van der Waals surface area contributed by atoms with Crippen molar-refractivity contribution in [2.45, 2.75) is 89.7 Å². The van der Waals surface area contributed by atoms with Crippen molar-refractivity contribution in [1.82, 2.24) is 20.2 Å². The average molecular weight is 757 g/mol. The molecular formula is C39H42F6N6O3. The maximum absolute atomic E-state index is 13.9. The molecule has 3 aliphatic rings. The second-order valence-corrected chi connectivity index (χ2v) is 14.6. The van der Waals surface area contributed by atoms with E-state index in [0.717, 1.165) is 72.3 Å². The molecule has 1 fully saturated rings. The molecule has 54 heavy (non-hydrogen) atoms. The highest BCUT2D eigenvalue weighted by Crippen LogP contribution is 2.44. The molecule has 1 atom stereocenters. The minimum Gasteiger partial charge on any atom is -0.461 e. The Kier molecular flexibility index (Phi) is 10.9. The predicted molar refractivity (Wildman–Crippen MR) is 187 cm³/mol. The zero-order valence-electron chi connectivity index (χ0n) is 29.9. The largest absolute Gasteiger partial charge is 0.461 e. The lowest BCUT2D eigenvalue weighted by molar-refractivity contribution is -0.146. The quantitative estimate of drug-likeness (QED) is 0.118. The molecule has 288 valence electrons. The van der Waals surface area contributed by atoms with Crippen molar-refractivity contribution in [2.75, 3.05) is 22.9 Å². The van der Waals surface area contributed by atoms with Crippen LogP contribution in [-0.4, -0.2) is 39.3 Å². The van der Waals surface area contributed by atoms with Gasteiger partial charge in [-0.2, -0.15) is 31.1 Å². The van der Waals surface area contributed by atoms with E-state index in [1.54, 1.807) is 11.9 Å². The number of halogens is 6. The van der Waals surface area contributed by atoms with E-state index in [0.29, 0.717) is 44.9 Å². The fourth-order valence-corrected chi connectivity index (χ4v) is 8.02. The maximum Gasteiger partial charge on any atom is 0.416 e. The van der Waals surface area contributed by atoms with Crippen molar-refractivity contribution in [1.29, 1.82) is 0 Å². The molecule has 0 saturated heterocycles. The summed E-state index contributed by atoms with van der Waals surface area (Å²) in [6.07, 6.45) is -4.59. The van der Waals surface area contributed by atoms with Gasteiger partial charge in [0.25, 0.3) is 5.95 Å². The van der Waals surface area contributed by atoms with E-state index in [4.69, 9.17) is 9.47 Å².